The molecule has 130 valence electrons. The fraction of sp³-hybridized carbons (Fsp3) is 0.0667. The van der Waals surface area contributed by atoms with Crippen molar-refractivity contribution < 1.29 is 21.6 Å². The number of nitrogens with one attached hydrogen (secondary N) is 1. The maximum absolute atomic E-state index is 13.0. The molecule has 3 aromatic rings. The molecule has 0 saturated carbocycles. The van der Waals surface area contributed by atoms with Gasteiger partial charge in [-0.25, -0.2) is 18.1 Å². The fourth-order valence-corrected chi connectivity index (χ4v) is 3.22. The third-order valence-electron chi connectivity index (χ3n) is 3.29. The molecule has 1 heterocycles. The van der Waals surface area contributed by atoms with Gasteiger partial charge in [-0.2, -0.15) is 18.3 Å². The summed E-state index contributed by atoms with van der Waals surface area (Å²) in [5.41, 5.74) is -1.13. The number of sulfonamides is 1. The highest BCUT2D eigenvalue weighted by molar-refractivity contribution is 7.92. The minimum absolute atomic E-state index is 0.0723. The first kappa shape index (κ1) is 17.0. The van der Waals surface area contributed by atoms with Gasteiger partial charge in [-0.05, 0) is 30.3 Å². The van der Waals surface area contributed by atoms with Gasteiger partial charge in [-0.1, -0.05) is 18.2 Å². The fourth-order valence-electron chi connectivity index (χ4n) is 2.13. The molecule has 0 bridgehead atoms. The summed E-state index contributed by atoms with van der Waals surface area (Å²) in [6.45, 7) is 0. The van der Waals surface area contributed by atoms with Gasteiger partial charge < -0.3 is 0 Å². The van der Waals surface area contributed by atoms with E-state index in [1.54, 1.807) is 6.07 Å². The Kier molecular flexibility index (Phi) is 4.21. The third kappa shape index (κ3) is 3.63. The Labute approximate surface area is 141 Å². The zero-order chi connectivity index (χ0) is 18.1. The molecule has 0 aliphatic rings. The smallest absolute Gasteiger partial charge is 0.277 e. The lowest BCUT2D eigenvalue weighted by Gasteiger charge is -2.15. The van der Waals surface area contributed by atoms with Crippen LogP contribution in [0.1, 0.15) is 5.56 Å². The van der Waals surface area contributed by atoms with E-state index in [9.17, 15) is 21.6 Å². The van der Waals surface area contributed by atoms with Crippen LogP contribution >= 0.6 is 0 Å². The normalized spacial score (nSPS) is 12.1. The molecule has 2 aromatic carbocycles. The van der Waals surface area contributed by atoms with Gasteiger partial charge >= 0.3 is 6.18 Å². The first-order valence-corrected chi connectivity index (χ1v) is 8.40. The molecule has 3 rings (SSSR count). The van der Waals surface area contributed by atoms with Crippen LogP contribution < -0.4 is 4.72 Å². The largest absolute Gasteiger partial charge is 0.416 e. The average molecular weight is 368 g/mol. The summed E-state index contributed by atoms with van der Waals surface area (Å²) in [5, 5.41) is 3.83. The lowest BCUT2D eigenvalue weighted by atomic mass is 10.1. The number of hydrogen-bond donors (Lipinski definition) is 1. The van der Waals surface area contributed by atoms with E-state index >= 15 is 0 Å². The molecule has 0 saturated heterocycles. The Morgan fingerprint density at radius 1 is 1.04 bits per heavy atom. The highest BCUT2D eigenvalue weighted by atomic mass is 32.2. The van der Waals surface area contributed by atoms with Crippen LogP contribution in [-0.4, -0.2) is 23.2 Å². The summed E-state index contributed by atoms with van der Waals surface area (Å²) < 4.78 is 67.2. The molecule has 6 nitrogen and oxygen atoms in total. The summed E-state index contributed by atoms with van der Waals surface area (Å²) in [6, 6.07) is 10.0. The summed E-state index contributed by atoms with van der Waals surface area (Å²) in [7, 11) is -4.07. The van der Waals surface area contributed by atoms with Crippen molar-refractivity contribution in [3.8, 4) is 5.69 Å². The van der Waals surface area contributed by atoms with E-state index < -0.39 is 21.8 Å². The molecule has 0 unspecified atom stereocenters. The second-order valence-electron chi connectivity index (χ2n) is 4.99. The number of alkyl halides is 3. The second-order valence-corrected chi connectivity index (χ2v) is 6.67. The maximum Gasteiger partial charge on any atom is 0.416 e. The van der Waals surface area contributed by atoms with E-state index in [4.69, 9.17) is 0 Å². The van der Waals surface area contributed by atoms with Crippen molar-refractivity contribution in [1.29, 1.82) is 0 Å². The second kappa shape index (κ2) is 6.20. The Balaban J connectivity index is 2.10. The molecule has 25 heavy (non-hydrogen) atoms. The minimum Gasteiger partial charge on any atom is -0.277 e. The van der Waals surface area contributed by atoms with E-state index in [0.717, 1.165) is 18.2 Å². The molecule has 0 amide bonds. The zero-order valence-corrected chi connectivity index (χ0v) is 13.3. The van der Waals surface area contributed by atoms with Gasteiger partial charge in [0.2, 0.25) is 0 Å². The zero-order valence-electron chi connectivity index (χ0n) is 12.5. The van der Waals surface area contributed by atoms with E-state index in [-0.39, 0.29) is 16.3 Å². The number of nitrogens with zero attached hydrogens (tertiary/aromatic N) is 3. The maximum atomic E-state index is 13.0. The number of hydrogen-bond acceptors (Lipinski definition) is 4. The number of benzene rings is 2. The molecule has 0 radical (unpaired) electrons. The van der Waals surface area contributed by atoms with Crippen LogP contribution in [0, 0.1) is 0 Å². The van der Waals surface area contributed by atoms with Gasteiger partial charge in [0.05, 0.1) is 21.8 Å². The van der Waals surface area contributed by atoms with Crippen LogP contribution in [-0.2, 0) is 16.2 Å². The van der Waals surface area contributed by atoms with Crippen molar-refractivity contribution in [2.45, 2.75) is 11.1 Å². The van der Waals surface area contributed by atoms with Crippen molar-refractivity contribution in [2.75, 3.05) is 4.72 Å². The molecule has 0 spiro atoms. The summed E-state index contributed by atoms with van der Waals surface area (Å²) in [4.78, 5) is 3.65. The highest BCUT2D eigenvalue weighted by Gasteiger charge is 2.32. The van der Waals surface area contributed by atoms with Gasteiger partial charge in [-0.3, -0.25) is 4.72 Å². The van der Waals surface area contributed by atoms with Gasteiger partial charge in [-0.15, -0.1) is 0 Å². The molecular formula is C15H11F3N4O2S. The van der Waals surface area contributed by atoms with Gasteiger partial charge in [0.25, 0.3) is 10.0 Å². The van der Waals surface area contributed by atoms with Crippen molar-refractivity contribution >= 4 is 15.7 Å². The molecule has 0 aliphatic carbocycles. The van der Waals surface area contributed by atoms with E-state index in [2.05, 4.69) is 14.8 Å². The van der Waals surface area contributed by atoms with Crippen LogP contribution in [0.15, 0.2) is 66.1 Å². The Bertz CT molecular complexity index is 972. The molecule has 1 N–H and O–H groups in total. The predicted molar refractivity (Wildman–Crippen MR) is 83.6 cm³/mol. The molecule has 1 aromatic heterocycles. The van der Waals surface area contributed by atoms with Crippen molar-refractivity contribution in [3.63, 3.8) is 0 Å². The van der Waals surface area contributed by atoms with Crippen LogP contribution in [0.3, 0.4) is 0 Å². The monoisotopic (exact) mass is 368 g/mol. The van der Waals surface area contributed by atoms with Crippen LogP contribution in [0.2, 0.25) is 0 Å². The summed E-state index contributed by atoms with van der Waals surface area (Å²) in [5.74, 6) is 0. The van der Waals surface area contributed by atoms with Crippen LogP contribution in [0.25, 0.3) is 5.69 Å². The Morgan fingerprint density at radius 2 is 1.76 bits per heavy atom. The van der Waals surface area contributed by atoms with Crippen molar-refractivity contribution in [1.82, 2.24) is 14.8 Å². The lowest BCUT2D eigenvalue weighted by Crippen LogP contribution is -2.16. The number of anilines is 1. The number of rotatable bonds is 4. The molecule has 10 heteroatoms. The lowest BCUT2D eigenvalue weighted by molar-refractivity contribution is -0.137. The summed E-state index contributed by atoms with van der Waals surface area (Å²) in [6.07, 6.45) is -2.18. The first-order valence-electron chi connectivity index (χ1n) is 6.91. The van der Waals surface area contributed by atoms with Crippen molar-refractivity contribution in [3.05, 3.63) is 66.7 Å². The van der Waals surface area contributed by atoms with E-state index in [1.165, 1.54) is 41.6 Å². The average Bonchev–Trinajstić information content (AvgIpc) is 3.09. The van der Waals surface area contributed by atoms with E-state index in [0.29, 0.717) is 0 Å². The predicted octanol–water partition coefficient (Wildman–Crippen LogP) is 3.09. The van der Waals surface area contributed by atoms with Gasteiger partial charge in [0.15, 0.2) is 0 Å². The Morgan fingerprint density at radius 3 is 2.36 bits per heavy atom. The SMILES string of the molecule is O=S(=O)(Nc1cc(C(F)(F)F)ccc1-n1cncn1)c1ccccc1. The molecule has 0 aliphatic heterocycles. The summed E-state index contributed by atoms with van der Waals surface area (Å²) >= 11 is 0. The molecule has 0 fully saturated rings. The number of halogens is 3. The number of aromatic nitrogens is 3. The van der Waals surface area contributed by atoms with E-state index in [1.807, 2.05) is 0 Å². The third-order valence-corrected chi connectivity index (χ3v) is 4.67. The highest BCUT2D eigenvalue weighted by Crippen LogP contribution is 2.34. The standard InChI is InChI=1S/C15H11F3N4O2S/c16-15(17,18)11-6-7-14(22-10-19-9-20-22)13(8-11)21-25(23,24)12-4-2-1-3-5-12/h1-10,21H. The quantitative estimate of drug-likeness (QED) is 0.768. The van der Waals surface area contributed by atoms with Crippen LogP contribution in [0.5, 0.6) is 0 Å². The minimum atomic E-state index is -4.62. The molecule has 0 atom stereocenters. The first-order chi connectivity index (χ1) is 11.8. The topological polar surface area (TPSA) is 76.9 Å². The Hall–Kier alpha value is -2.88. The van der Waals surface area contributed by atoms with Crippen molar-refractivity contribution in [2.24, 2.45) is 0 Å². The van der Waals surface area contributed by atoms with Gasteiger partial charge in [0.1, 0.15) is 12.7 Å². The van der Waals surface area contributed by atoms with Gasteiger partial charge in [0, 0.05) is 0 Å². The van der Waals surface area contributed by atoms with Crippen LogP contribution in [0.4, 0.5) is 18.9 Å². The molecular weight excluding hydrogens is 357 g/mol.